The third-order valence-corrected chi connectivity index (χ3v) is 5.26. The number of nitrogens with one attached hydrogen (secondary N) is 1. The second-order valence-electron chi connectivity index (χ2n) is 5.42. The van der Waals surface area contributed by atoms with Gasteiger partial charge in [-0.05, 0) is 37.0 Å². The molecule has 0 saturated carbocycles. The molecule has 0 bridgehead atoms. The molecule has 1 heterocycles. The number of methoxy groups -OCH3 is 2. The maximum absolute atomic E-state index is 12.8. The number of carbonyl (C=O) groups is 2. The van der Waals surface area contributed by atoms with E-state index in [1.54, 1.807) is 18.2 Å². The Morgan fingerprint density at radius 2 is 1.79 bits per heavy atom. The van der Waals surface area contributed by atoms with Gasteiger partial charge < -0.3 is 20.5 Å². The van der Waals surface area contributed by atoms with Gasteiger partial charge in [0.15, 0.2) is 0 Å². The number of rotatable bonds is 5. The fourth-order valence-electron chi connectivity index (χ4n) is 2.99. The smallest absolute Gasteiger partial charge is 0.263 e. The number of amides is 2. The van der Waals surface area contributed by atoms with E-state index in [9.17, 15) is 9.59 Å². The number of benzene rings is 1. The molecule has 0 saturated heterocycles. The van der Waals surface area contributed by atoms with E-state index in [2.05, 4.69) is 5.32 Å². The predicted molar refractivity (Wildman–Crippen MR) is 92.4 cm³/mol. The summed E-state index contributed by atoms with van der Waals surface area (Å²) in [6, 6.07) is 5.10. The Morgan fingerprint density at radius 3 is 2.38 bits per heavy atom. The number of aryl methyl sites for hydroxylation is 1. The number of hydrogen-bond donors (Lipinski definition) is 2. The first kappa shape index (κ1) is 16.3. The van der Waals surface area contributed by atoms with Crippen molar-refractivity contribution in [1.82, 2.24) is 0 Å². The molecule has 0 fully saturated rings. The highest BCUT2D eigenvalue weighted by Gasteiger charge is 2.27. The van der Waals surface area contributed by atoms with Gasteiger partial charge in [0.2, 0.25) is 0 Å². The zero-order valence-corrected chi connectivity index (χ0v) is 14.3. The van der Waals surface area contributed by atoms with Gasteiger partial charge >= 0.3 is 0 Å². The standard InChI is InChI=1S/C17H18N2O4S/c1-22-10-6-4-7-11(23-2)14(10)16(21)19-17-13(15(18)20)9-5-3-8-12(9)24-17/h4,6-7H,3,5,8H2,1-2H3,(H2,18,20)(H,19,21). The van der Waals surface area contributed by atoms with Crippen LogP contribution < -0.4 is 20.5 Å². The molecule has 126 valence electrons. The van der Waals surface area contributed by atoms with E-state index in [0.717, 1.165) is 29.7 Å². The van der Waals surface area contributed by atoms with Crippen LogP contribution in [0.5, 0.6) is 11.5 Å². The van der Waals surface area contributed by atoms with E-state index in [0.29, 0.717) is 22.1 Å². The molecule has 7 heteroatoms. The second-order valence-corrected chi connectivity index (χ2v) is 6.52. The van der Waals surface area contributed by atoms with E-state index in [1.165, 1.54) is 25.6 Å². The van der Waals surface area contributed by atoms with Crippen molar-refractivity contribution in [3.63, 3.8) is 0 Å². The summed E-state index contributed by atoms with van der Waals surface area (Å²) in [5.74, 6) is -0.114. The SMILES string of the molecule is COc1cccc(OC)c1C(=O)Nc1sc2c(c1C(N)=O)CCC2. The normalized spacial score (nSPS) is 12.6. The molecule has 1 aromatic carbocycles. The summed E-state index contributed by atoms with van der Waals surface area (Å²) in [6.45, 7) is 0. The van der Waals surface area contributed by atoms with Crippen molar-refractivity contribution < 1.29 is 19.1 Å². The average molecular weight is 346 g/mol. The van der Waals surface area contributed by atoms with Gasteiger partial charge in [0.05, 0.1) is 19.8 Å². The van der Waals surface area contributed by atoms with Crippen molar-refractivity contribution in [2.45, 2.75) is 19.3 Å². The largest absolute Gasteiger partial charge is 0.496 e. The Balaban J connectivity index is 1.99. The molecule has 0 aliphatic heterocycles. The van der Waals surface area contributed by atoms with Crippen LogP contribution in [0.3, 0.4) is 0 Å². The molecule has 3 rings (SSSR count). The molecule has 0 spiro atoms. The van der Waals surface area contributed by atoms with Crippen molar-refractivity contribution in [3.05, 3.63) is 39.8 Å². The first-order chi connectivity index (χ1) is 11.6. The fourth-order valence-corrected chi connectivity index (χ4v) is 4.28. The van der Waals surface area contributed by atoms with Gasteiger partial charge in [0.1, 0.15) is 22.1 Å². The number of thiophene rings is 1. The van der Waals surface area contributed by atoms with Crippen molar-refractivity contribution in [2.75, 3.05) is 19.5 Å². The van der Waals surface area contributed by atoms with E-state index < -0.39 is 11.8 Å². The van der Waals surface area contributed by atoms with E-state index >= 15 is 0 Å². The number of fused-ring (bicyclic) bond motifs is 1. The van der Waals surface area contributed by atoms with Gasteiger partial charge in [-0.2, -0.15) is 0 Å². The van der Waals surface area contributed by atoms with Crippen LogP contribution in [0, 0.1) is 0 Å². The number of hydrogen-bond acceptors (Lipinski definition) is 5. The highest BCUT2D eigenvalue weighted by Crippen LogP contribution is 2.39. The number of nitrogens with two attached hydrogens (primary N) is 1. The van der Waals surface area contributed by atoms with Crippen LogP contribution in [-0.4, -0.2) is 26.0 Å². The topological polar surface area (TPSA) is 90.7 Å². The van der Waals surface area contributed by atoms with Crippen LogP contribution in [0.1, 0.15) is 37.6 Å². The molecule has 2 aromatic rings. The fraction of sp³-hybridized carbons (Fsp3) is 0.294. The monoisotopic (exact) mass is 346 g/mol. The molecular weight excluding hydrogens is 328 g/mol. The second kappa shape index (κ2) is 6.52. The van der Waals surface area contributed by atoms with Crippen molar-refractivity contribution in [2.24, 2.45) is 5.73 Å². The minimum absolute atomic E-state index is 0.284. The van der Waals surface area contributed by atoms with Gasteiger partial charge in [0, 0.05) is 4.88 Å². The Hall–Kier alpha value is -2.54. The third-order valence-electron chi connectivity index (χ3n) is 4.05. The van der Waals surface area contributed by atoms with Crippen LogP contribution in [-0.2, 0) is 12.8 Å². The average Bonchev–Trinajstić information content (AvgIpc) is 3.13. The lowest BCUT2D eigenvalue weighted by Gasteiger charge is -2.13. The molecule has 0 radical (unpaired) electrons. The van der Waals surface area contributed by atoms with Crippen LogP contribution >= 0.6 is 11.3 Å². The molecule has 2 amide bonds. The van der Waals surface area contributed by atoms with Crippen LogP contribution in [0.4, 0.5) is 5.00 Å². The summed E-state index contributed by atoms with van der Waals surface area (Å²) in [7, 11) is 2.97. The predicted octanol–water partition coefficient (Wildman–Crippen LogP) is 2.61. The number of ether oxygens (including phenoxy) is 2. The maximum Gasteiger partial charge on any atom is 0.263 e. The highest BCUT2D eigenvalue weighted by molar-refractivity contribution is 7.17. The Labute approximate surface area is 143 Å². The summed E-state index contributed by atoms with van der Waals surface area (Å²) in [4.78, 5) is 25.7. The van der Waals surface area contributed by atoms with E-state index in [1.807, 2.05) is 0 Å². The molecule has 0 unspecified atom stereocenters. The summed E-state index contributed by atoms with van der Waals surface area (Å²) >= 11 is 1.41. The van der Waals surface area contributed by atoms with Gasteiger partial charge in [0.25, 0.3) is 11.8 Å². The minimum Gasteiger partial charge on any atom is -0.496 e. The van der Waals surface area contributed by atoms with Gasteiger partial charge in [-0.3, -0.25) is 9.59 Å². The molecule has 1 aliphatic rings. The summed E-state index contributed by atoms with van der Waals surface area (Å²) in [6.07, 6.45) is 2.74. The summed E-state index contributed by atoms with van der Waals surface area (Å²) in [5, 5.41) is 3.30. The third kappa shape index (κ3) is 2.71. The van der Waals surface area contributed by atoms with Gasteiger partial charge in [-0.1, -0.05) is 6.07 Å². The maximum atomic E-state index is 12.8. The van der Waals surface area contributed by atoms with Gasteiger partial charge in [-0.15, -0.1) is 11.3 Å². The zero-order chi connectivity index (χ0) is 17.3. The lowest BCUT2D eigenvalue weighted by Crippen LogP contribution is -2.18. The van der Waals surface area contributed by atoms with E-state index in [4.69, 9.17) is 15.2 Å². The van der Waals surface area contributed by atoms with Crippen molar-refractivity contribution in [1.29, 1.82) is 0 Å². The highest BCUT2D eigenvalue weighted by atomic mass is 32.1. The number of carbonyl (C=O) groups excluding carboxylic acids is 2. The number of primary amides is 1. The zero-order valence-electron chi connectivity index (χ0n) is 13.5. The van der Waals surface area contributed by atoms with Crippen LogP contribution in [0.2, 0.25) is 0 Å². The lowest BCUT2D eigenvalue weighted by atomic mass is 10.1. The molecule has 6 nitrogen and oxygen atoms in total. The van der Waals surface area contributed by atoms with Crippen molar-refractivity contribution >= 4 is 28.2 Å². The molecule has 1 aromatic heterocycles. The Morgan fingerprint density at radius 1 is 1.12 bits per heavy atom. The first-order valence-electron chi connectivity index (χ1n) is 7.53. The minimum atomic E-state index is -0.517. The summed E-state index contributed by atoms with van der Waals surface area (Å²) < 4.78 is 10.5. The molecule has 3 N–H and O–H groups in total. The Bertz CT molecular complexity index is 791. The van der Waals surface area contributed by atoms with Crippen LogP contribution in [0.15, 0.2) is 18.2 Å². The Kier molecular flexibility index (Phi) is 4.44. The quantitative estimate of drug-likeness (QED) is 0.871. The van der Waals surface area contributed by atoms with Crippen molar-refractivity contribution in [3.8, 4) is 11.5 Å². The van der Waals surface area contributed by atoms with E-state index in [-0.39, 0.29) is 5.56 Å². The van der Waals surface area contributed by atoms with Crippen LogP contribution in [0.25, 0.3) is 0 Å². The first-order valence-corrected chi connectivity index (χ1v) is 8.35. The van der Waals surface area contributed by atoms with Gasteiger partial charge in [-0.25, -0.2) is 0 Å². The summed E-state index contributed by atoms with van der Waals surface area (Å²) in [5.41, 5.74) is 7.20. The molecular formula is C17H18N2O4S. The molecule has 1 aliphatic carbocycles. The number of anilines is 1. The molecule has 24 heavy (non-hydrogen) atoms. The molecule has 0 atom stereocenters. The lowest BCUT2D eigenvalue weighted by molar-refractivity contribution is 0.100.